The molecular weight excluding hydrogens is 347 g/mol. The van der Waals surface area contributed by atoms with Crippen LogP contribution in [0.3, 0.4) is 0 Å². The van der Waals surface area contributed by atoms with E-state index in [0.717, 1.165) is 16.7 Å². The third-order valence-electron chi connectivity index (χ3n) is 3.47. The minimum absolute atomic E-state index is 0.315. The van der Waals surface area contributed by atoms with Crippen molar-refractivity contribution in [1.29, 1.82) is 0 Å². The van der Waals surface area contributed by atoms with Crippen molar-refractivity contribution in [2.75, 3.05) is 6.54 Å². The average Bonchev–Trinajstić information content (AvgIpc) is 2.56. The van der Waals surface area contributed by atoms with Crippen molar-refractivity contribution < 1.29 is 9.59 Å². The molecule has 2 rings (SSSR count). The van der Waals surface area contributed by atoms with Gasteiger partial charge in [-0.1, -0.05) is 59.1 Å². The summed E-state index contributed by atoms with van der Waals surface area (Å²) in [6.07, 6.45) is 0.521. The van der Waals surface area contributed by atoms with Gasteiger partial charge in [0.1, 0.15) is 0 Å². The Hall–Kier alpha value is -2.04. The van der Waals surface area contributed by atoms with E-state index >= 15 is 0 Å². The first kappa shape index (κ1) is 18.3. The number of benzene rings is 2. The molecule has 0 fully saturated rings. The van der Waals surface area contributed by atoms with Crippen LogP contribution in [0, 0.1) is 6.92 Å². The van der Waals surface area contributed by atoms with Crippen molar-refractivity contribution in [2.24, 2.45) is 0 Å². The molecule has 2 amide bonds. The Bertz CT molecular complexity index is 730. The molecule has 0 spiro atoms. The third-order valence-corrected chi connectivity index (χ3v) is 4.06. The molecular formula is C18H18Cl2N2O2. The number of carbonyl (C=O) groups is 2. The van der Waals surface area contributed by atoms with E-state index in [4.69, 9.17) is 23.2 Å². The van der Waals surface area contributed by atoms with Crippen LogP contribution >= 0.6 is 23.2 Å². The lowest BCUT2D eigenvalue weighted by Gasteiger charge is -2.08. The molecule has 0 saturated heterocycles. The van der Waals surface area contributed by atoms with E-state index in [0.29, 0.717) is 29.6 Å². The molecule has 24 heavy (non-hydrogen) atoms. The second-order valence-electron chi connectivity index (χ2n) is 5.41. The van der Waals surface area contributed by atoms with Crippen molar-refractivity contribution >= 4 is 35.0 Å². The monoisotopic (exact) mass is 364 g/mol. The van der Waals surface area contributed by atoms with Gasteiger partial charge in [-0.25, -0.2) is 0 Å². The normalized spacial score (nSPS) is 10.3. The standard InChI is InChI=1S/C18H18Cl2N2O2/c1-12-2-4-13(5-3-12)11-22-18(24)17(23)21-9-8-14-6-7-15(19)10-16(14)20/h2-7,10H,8-9,11H2,1H3,(H,21,23)(H,22,24). The van der Waals surface area contributed by atoms with E-state index in [1.807, 2.05) is 31.2 Å². The van der Waals surface area contributed by atoms with Crippen LogP contribution in [0.5, 0.6) is 0 Å². The fraction of sp³-hybridized carbons (Fsp3) is 0.222. The van der Waals surface area contributed by atoms with E-state index < -0.39 is 11.8 Å². The molecule has 0 aliphatic carbocycles. The van der Waals surface area contributed by atoms with E-state index in [9.17, 15) is 9.59 Å². The topological polar surface area (TPSA) is 58.2 Å². The second-order valence-corrected chi connectivity index (χ2v) is 6.25. The predicted octanol–water partition coefficient (Wildman–Crippen LogP) is 3.28. The lowest BCUT2D eigenvalue weighted by Crippen LogP contribution is -2.40. The van der Waals surface area contributed by atoms with Crippen LogP contribution in [-0.4, -0.2) is 18.4 Å². The number of hydrogen-bond donors (Lipinski definition) is 2. The smallest absolute Gasteiger partial charge is 0.309 e. The molecule has 2 aromatic rings. The lowest BCUT2D eigenvalue weighted by atomic mass is 10.1. The molecule has 0 unspecified atom stereocenters. The van der Waals surface area contributed by atoms with Gasteiger partial charge in [-0.2, -0.15) is 0 Å². The van der Waals surface area contributed by atoms with Gasteiger partial charge in [0.2, 0.25) is 0 Å². The average molecular weight is 365 g/mol. The zero-order valence-electron chi connectivity index (χ0n) is 13.2. The molecule has 0 bridgehead atoms. The maximum atomic E-state index is 11.8. The maximum Gasteiger partial charge on any atom is 0.309 e. The largest absolute Gasteiger partial charge is 0.348 e. The number of amides is 2. The minimum atomic E-state index is -0.660. The van der Waals surface area contributed by atoms with E-state index in [-0.39, 0.29) is 0 Å². The van der Waals surface area contributed by atoms with Gasteiger partial charge in [-0.3, -0.25) is 9.59 Å². The highest BCUT2D eigenvalue weighted by atomic mass is 35.5. The molecule has 2 aromatic carbocycles. The Labute approximate surface area is 151 Å². The number of hydrogen-bond acceptors (Lipinski definition) is 2. The van der Waals surface area contributed by atoms with E-state index in [1.54, 1.807) is 18.2 Å². The highest BCUT2D eigenvalue weighted by molar-refractivity contribution is 6.35. The molecule has 4 nitrogen and oxygen atoms in total. The van der Waals surface area contributed by atoms with Crippen molar-refractivity contribution in [3.63, 3.8) is 0 Å². The van der Waals surface area contributed by atoms with Crippen LogP contribution in [0.15, 0.2) is 42.5 Å². The summed E-state index contributed by atoms with van der Waals surface area (Å²) in [5.41, 5.74) is 2.94. The number of halogens is 2. The van der Waals surface area contributed by atoms with Gasteiger partial charge in [0.25, 0.3) is 0 Å². The van der Waals surface area contributed by atoms with Crippen molar-refractivity contribution in [1.82, 2.24) is 10.6 Å². The SMILES string of the molecule is Cc1ccc(CNC(=O)C(=O)NCCc2ccc(Cl)cc2Cl)cc1. The molecule has 0 heterocycles. The second kappa shape index (κ2) is 8.71. The highest BCUT2D eigenvalue weighted by Gasteiger charge is 2.12. The van der Waals surface area contributed by atoms with Crippen molar-refractivity contribution in [3.05, 3.63) is 69.2 Å². The van der Waals surface area contributed by atoms with E-state index in [1.165, 1.54) is 0 Å². The lowest BCUT2D eigenvalue weighted by molar-refractivity contribution is -0.139. The van der Waals surface area contributed by atoms with Crippen LogP contribution in [0.2, 0.25) is 10.0 Å². The Kier molecular flexibility index (Phi) is 6.64. The fourth-order valence-electron chi connectivity index (χ4n) is 2.08. The van der Waals surface area contributed by atoms with Crippen molar-refractivity contribution in [2.45, 2.75) is 19.9 Å². The number of nitrogens with one attached hydrogen (secondary N) is 2. The van der Waals surface area contributed by atoms with Crippen LogP contribution in [0.25, 0.3) is 0 Å². The summed E-state index contributed by atoms with van der Waals surface area (Å²) in [7, 11) is 0. The molecule has 0 atom stereocenters. The molecule has 0 aromatic heterocycles. The zero-order chi connectivity index (χ0) is 17.5. The fourth-order valence-corrected chi connectivity index (χ4v) is 2.59. The number of rotatable bonds is 5. The summed E-state index contributed by atoms with van der Waals surface area (Å²) < 4.78 is 0. The van der Waals surface area contributed by atoms with E-state index in [2.05, 4.69) is 10.6 Å². The van der Waals surface area contributed by atoms with Crippen LogP contribution < -0.4 is 10.6 Å². The summed E-state index contributed by atoms with van der Waals surface area (Å²) >= 11 is 11.9. The van der Waals surface area contributed by atoms with Crippen LogP contribution in [0.4, 0.5) is 0 Å². The summed E-state index contributed by atoms with van der Waals surface area (Å²) in [6, 6.07) is 12.9. The highest BCUT2D eigenvalue weighted by Crippen LogP contribution is 2.20. The summed E-state index contributed by atoms with van der Waals surface area (Å²) in [6.45, 7) is 2.62. The van der Waals surface area contributed by atoms with Gasteiger partial charge in [0.05, 0.1) is 0 Å². The first-order valence-electron chi connectivity index (χ1n) is 7.51. The molecule has 6 heteroatoms. The Morgan fingerprint density at radius 1 is 0.958 bits per heavy atom. The quantitative estimate of drug-likeness (QED) is 0.799. The van der Waals surface area contributed by atoms with Gasteiger partial charge >= 0.3 is 11.8 Å². The molecule has 0 radical (unpaired) electrons. The molecule has 0 saturated carbocycles. The number of aryl methyl sites for hydroxylation is 1. The maximum absolute atomic E-state index is 11.8. The summed E-state index contributed by atoms with van der Waals surface area (Å²) in [4.78, 5) is 23.5. The molecule has 126 valence electrons. The van der Waals surface area contributed by atoms with Crippen LogP contribution in [-0.2, 0) is 22.6 Å². The Balaban J connectivity index is 1.75. The van der Waals surface area contributed by atoms with Gasteiger partial charge < -0.3 is 10.6 Å². The minimum Gasteiger partial charge on any atom is -0.348 e. The molecule has 0 aliphatic heterocycles. The van der Waals surface area contributed by atoms with Crippen LogP contribution in [0.1, 0.15) is 16.7 Å². The molecule has 0 aliphatic rings. The first-order valence-corrected chi connectivity index (χ1v) is 8.27. The third kappa shape index (κ3) is 5.55. The predicted molar refractivity (Wildman–Crippen MR) is 96.2 cm³/mol. The van der Waals surface area contributed by atoms with Gasteiger partial charge in [0.15, 0.2) is 0 Å². The summed E-state index contributed by atoms with van der Waals surface area (Å²) in [5.74, 6) is -1.31. The molecule has 2 N–H and O–H groups in total. The Morgan fingerprint density at radius 3 is 2.29 bits per heavy atom. The Morgan fingerprint density at radius 2 is 1.62 bits per heavy atom. The number of carbonyl (C=O) groups excluding carboxylic acids is 2. The zero-order valence-corrected chi connectivity index (χ0v) is 14.7. The van der Waals surface area contributed by atoms with Gasteiger partial charge in [-0.05, 0) is 36.6 Å². The first-order chi connectivity index (χ1) is 11.5. The van der Waals surface area contributed by atoms with Gasteiger partial charge in [0, 0.05) is 23.1 Å². The summed E-state index contributed by atoms with van der Waals surface area (Å²) in [5, 5.41) is 6.27. The van der Waals surface area contributed by atoms with Crippen molar-refractivity contribution in [3.8, 4) is 0 Å². The van der Waals surface area contributed by atoms with Gasteiger partial charge in [-0.15, -0.1) is 0 Å².